The molecule has 0 saturated heterocycles. The minimum Gasteiger partial charge on any atom is -0.504 e. The zero-order valence-corrected chi connectivity index (χ0v) is 11.8. The number of benzene rings is 2. The summed E-state index contributed by atoms with van der Waals surface area (Å²) < 4.78 is 13.0. The van der Waals surface area contributed by atoms with Gasteiger partial charge in [-0.3, -0.25) is 4.79 Å². The number of hydrogen-bond donors (Lipinski definition) is 3. The van der Waals surface area contributed by atoms with Crippen molar-refractivity contribution in [3.8, 4) is 11.5 Å². The summed E-state index contributed by atoms with van der Waals surface area (Å²) in [7, 11) is 0. The number of halogens is 1. The van der Waals surface area contributed by atoms with Gasteiger partial charge in [0.1, 0.15) is 5.82 Å². The Labute approximate surface area is 127 Å². The largest absolute Gasteiger partial charge is 0.504 e. The molecular weight excluding hydrogens is 285 g/mol. The summed E-state index contributed by atoms with van der Waals surface area (Å²) in [6, 6.07) is 10.5. The maximum atomic E-state index is 13.0. The summed E-state index contributed by atoms with van der Waals surface area (Å²) in [5.41, 5.74) is 1.41. The second kappa shape index (κ2) is 7.26. The van der Waals surface area contributed by atoms with Gasteiger partial charge in [-0.1, -0.05) is 18.2 Å². The van der Waals surface area contributed by atoms with E-state index in [9.17, 15) is 19.4 Å². The minimum absolute atomic E-state index is 0.211. The molecule has 5 heteroatoms. The van der Waals surface area contributed by atoms with E-state index >= 15 is 0 Å². The van der Waals surface area contributed by atoms with Crippen LogP contribution in [0.25, 0.3) is 6.08 Å². The average Bonchev–Trinajstić information content (AvgIpc) is 2.48. The summed E-state index contributed by atoms with van der Waals surface area (Å²) >= 11 is 0. The molecule has 2 aromatic rings. The van der Waals surface area contributed by atoms with Gasteiger partial charge >= 0.3 is 0 Å². The smallest absolute Gasteiger partial charge is 0.244 e. The number of phenols is 2. The predicted molar refractivity (Wildman–Crippen MR) is 81.9 cm³/mol. The van der Waals surface area contributed by atoms with Gasteiger partial charge in [-0.05, 0) is 47.9 Å². The molecule has 3 N–H and O–H groups in total. The van der Waals surface area contributed by atoms with Gasteiger partial charge in [0.2, 0.25) is 5.91 Å². The Hall–Kier alpha value is -2.82. The van der Waals surface area contributed by atoms with Crippen molar-refractivity contribution in [2.75, 3.05) is 6.54 Å². The number of amides is 1. The van der Waals surface area contributed by atoms with Crippen LogP contribution in [-0.2, 0) is 11.2 Å². The topological polar surface area (TPSA) is 69.6 Å². The van der Waals surface area contributed by atoms with Crippen LogP contribution < -0.4 is 5.32 Å². The van der Waals surface area contributed by atoms with E-state index < -0.39 is 0 Å². The average molecular weight is 301 g/mol. The van der Waals surface area contributed by atoms with Gasteiger partial charge in [-0.15, -0.1) is 0 Å². The number of nitrogens with one attached hydrogen (secondary N) is 1. The molecule has 22 heavy (non-hydrogen) atoms. The highest BCUT2D eigenvalue weighted by Crippen LogP contribution is 2.25. The first-order chi connectivity index (χ1) is 10.5. The van der Waals surface area contributed by atoms with Gasteiger partial charge in [0.05, 0.1) is 0 Å². The Morgan fingerprint density at radius 2 is 1.95 bits per heavy atom. The normalized spacial score (nSPS) is 10.8. The standard InChI is InChI=1S/C17H16FNO3/c18-14-3-1-2-12(10-14)8-9-19-17(22)7-5-13-4-6-15(20)16(21)11-13/h1-7,10-11,20-21H,8-9H2,(H,19,22). The van der Waals surface area contributed by atoms with Gasteiger partial charge in [0, 0.05) is 12.6 Å². The minimum atomic E-state index is -0.295. The summed E-state index contributed by atoms with van der Waals surface area (Å²) in [5, 5.41) is 21.2. The first-order valence-electron chi connectivity index (χ1n) is 6.77. The van der Waals surface area contributed by atoms with Gasteiger partial charge in [0.15, 0.2) is 11.5 Å². The van der Waals surface area contributed by atoms with E-state index in [0.717, 1.165) is 5.56 Å². The lowest BCUT2D eigenvalue weighted by Gasteiger charge is -2.03. The van der Waals surface area contributed by atoms with Gasteiger partial charge < -0.3 is 15.5 Å². The fraction of sp³-hybridized carbons (Fsp3) is 0.118. The van der Waals surface area contributed by atoms with Crippen LogP contribution >= 0.6 is 0 Å². The molecule has 2 rings (SSSR count). The second-order valence-electron chi connectivity index (χ2n) is 4.75. The monoisotopic (exact) mass is 301 g/mol. The molecule has 0 aliphatic heterocycles. The number of hydrogen-bond acceptors (Lipinski definition) is 3. The molecule has 0 saturated carbocycles. The molecule has 0 aromatic heterocycles. The molecule has 4 nitrogen and oxygen atoms in total. The van der Waals surface area contributed by atoms with E-state index in [4.69, 9.17) is 0 Å². The van der Waals surface area contributed by atoms with Crippen LogP contribution in [0.2, 0.25) is 0 Å². The Bertz CT molecular complexity index is 698. The first kappa shape index (κ1) is 15.6. The Morgan fingerprint density at radius 3 is 2.68 bits per heavy atom. The van der Waals surface area contributed by atoms with Crippen molar-refractivity contribution in [1.82, 2.24) is 5.32 Å². The van der Waals surface area contributed by atoms with Crippen molar-refractivity contribution in [2.45, 2.75) is 6.42 Å². The summed E-state index contributed by atoms with van der Waals surface area (Å²) in [4.78, 5) is 11.6. The third-order valence-corrected chi connectivity index (χ3v) is 3.03. The number of aromatic hydroxyl groups is 2. The summed E-state index contributed by atoms with van der Waals surface area (Å²) in [6.07, 6.45) is 3.39. The molecular formula is C17H16FNO3. The van der Waals surface area contributed by atoms with Crippen LogP contribution in [0.3, 0.4) is 0 Å². The van der Waals surface area contributed by atoms with Crippen molar-refractivity contribution < 1.29 is 19.4 Å². The lowest BCUT2D eigenvalue weighted by Crippen LogP contribution is -2.23. The van der Waals surface area contributed by atoms with Gasteiger partial charge in [-0.2, -0.15) is 0 Å². The maximum absolute atomic E-state index is 13.0. The van der Waals surface area contributed by atoms with Gasteiger partial charge in [-0.25, -0.2) is 4.39 Å². The molecule has 0 aliphatic carbocycles. The molecule has 0 atom stereocenters. The van der Waals surface area contributed by atoms with E-state index in [-0.39, 0.29) is 23.2 Å². The number of phenolic OH excluding ortho intramolecular Hbond substituents is 2. The molecule has 0 spiro atoms. The zero-order chi connectivity index (χ0) is 15.9. The highest BCUT2D eigenvalue weighted by molar-refractivity contribution is 5.91. The van der Waals surface area contributed by atoms with Crippen molar-refractivity contribution in [3.05, 3.63) is 65.5 Å². The fourth-order valence-electron chi connectivity index (χ4n) is 1.90. The van der Waals surface area contributed by atoms with Crippen LogP contribution in [-0.4, -0.2) is 22.7 Å². The van der Waals surface area contributed by atoms with Crippen LogP contribution in [0.1, 0.15) is 11.1 Å². The molecule has 0 heterocycles. The maximum Gasteiger partial charge on any atom is 0.244 e. The van der Waals surface area contributed by atoms with Crippen LogP contribution in [0.4, 0.5) is 4.39 Å². The first-order valence-corrected chi connectivity index (χ1v) is 6.77. The number of carbonyl (C=O) groups excluding carboxylic acids is 1. The molecule has 1 amide bonds. The van der Waals surface area contributed by atoms with Crippen LogP contribution in [0.15, 0.2) is 48.5 Å². The highest BCUT2D eigenvalue weighted by Gasteiger charge is 2.00. The Morgan fingerprint density at radius 1 is 1.14 bits per heavy atom. The quantitative estimate of drug-likeness (QED) is 0.587. The van der Waals surface area contributed by atoms with Crippen molar-refractivity contribution >= 4 is 12.0 Å². The molecule has 0 aliphatic rings. The number of rotatable bonds is 5. The molecule has 0 radical (unpaired) electrons. The van der Waals surface area contributed by atoms with Crippen molar-refractivity contribution in [3.63, 3.8) is 0 Å². The third-order valence-electron chi connectivity index (χ3n) is 3.03. The van der Waals surface area contributed by atoms with E-state index in [2.05, 4.69) is 5.32 Å². The molecule has 0 bridgehead atoms. The molecule has 0 fully saturated rings. The second-order valence-corrected chi connectivity index (χ2v) is 4.75. The lowest BCUT2D eigenvalue weighted by molar-refractivity contribution is -0.116. The predicted octanol–water partition coefficient (Wildman–Crippen LogP) is 2.61. The molecule has 114 valence electrons. The van der Waals surface area contributed by atoms with E-state index in [1.807, 2.05) is 0 Å². The van der Waals surface area contributed by atoms with E-state index in [0.29, 0.717) is 18.5 Å². The van der Waals surface area contributed by atoms with Gasteiger partial charge in [0.25, 0.3) is 0 Å². The SMILES string of the molecule is O=C(C=Cc1ccc(O)c(O)c1)NCCc1cccc(F)c1. The summed E-state index contributed by atoms with van der Waals surface area (Å²) in [6.45, 7) is 0.396. The summed E-state index contributed by atoms with van der Waals surface area (Å²) in [5.74, 6) is -1.04. The fourth-order valence-corrected chi connectivity index (χ4v) is 1.90. The van der Waals surface area contributed by atoms with E-state index in [1.54, 1.807) is 18.2 Å². The zero-order valence-electron chi connectivity index (χ0n) is 11.8. The third kappa shape index (κ3) is 4.63. The molecule has 0 unspecified atom stereocenters. The Balaban J connectivity index is 1.82. The number of carbonyl (C=O) groups is 1. The van der Waals surface area contributed by atoms with Crippen LogP contribution in [0, 0.1) is 5.82 Å². The Kier molecular flexibility index (Phi) is 5.14. The highest BCUT2D eigenvalue weighted by atomic mass is 19.1. The van der Waals surface area contributed by atoms with E-state index in [1.165, 1.54) is 36.4 Å². The molecule has 2 aromatic carbocycles. The van der Waals surface area contributed by atoms with Crippen molar-refractivity contribution in [2.24, 2.45) is 0 Å². The van der Waals surface area contributed by atoms with Crippen LogP contribution in [0.5, 0.6) is 11.5 Å². The van der Waals surface area contributed by atoms with Crippen molar-refractivity contribution in [1.29, 1.82) is 0 Å². The lowest BCUT2D eigenvalue weighted by atomic mass is 10.1.